The fourth-order valence-corrected chi connectivity index (χ4v) is 8.42. The first kappa shape index (κ1) is 31.5. The van der Waals surface area contributed by atoms with Crippen molar-refractivity contribution in [2.45, 2.75) is 37.8 Å². The van der Waals surface area contributed by atoms with Gasteiger partial charge in [0.25, 0.3) is 5.91 Å². The van der Waals surface area contributed by atoms with Crippen molar-refractivity contribution >= 4 is 28.8 Å². The van der Waals surface area contributed by atoms with Crippen LogP contribution in [0.5, 0.6) is 0 Å². The van der Waals surface area contributed by atoms with Gasteiger partial charge in [0, 0.05) is 42.5 Å². The molecule has 0 radical (unpaired) electrons. The predicted octanol–water partition coefficient (Wildman–Crippen LogP) is 7.55. The van der Waals surface area contributed by atoms with Crippen LogP contribution in [-0.2, 0) is 10.3 Å². The average Bonchev–Trinajstić information content (AvgIpc) is 3.96. The Morgan fingerprint density at radius 2 is 1.48 bits per heavy atom. The number of rotatable bonds is 9. The summed E-state index contributed by atoms with van der Waals surface area (Å²) in [6.45, 7) is 2.69. The third-order valence-corrected chi connectivity index (χ3v) is 10.9. The Hall–Kier alpha value is -5.80. The van der Waals surface area contributed by atoms with Gasteiger partial charge in [0.15, 0.2) is 0 Å². The Morgan fingerprint density at radius 1 is 0.840 bits per heavy atom. The van der Waals surface area contributed by atoms with E-state index < -0.39 is 5.54 Å². The Labute approximate surface area is 294 Å². The van der Waals surface area contributed by atoms with Crippen LogP contribution in [0.4, 0.5) is 0 Å². The summed E-state index contributed by atoms with van der Waals surface area (Å²) in [6, 6.07) is 39.4. The highest BCUT2D eigenvalue weighted by Crippen LogP contribution is 2.42. The second-order valence-corrected chi connectivity index (χ2v) is 13.9. The van der Waals surface area contributed by atoms with Crippen molar-refractivity contribution in [3.63, 3.8) is 0 Å². The van der Waals surface area contributed by atoms with Crippen LogP contribution in [0.25, 0.3) is 27.3 Å². The number of likely N-dealkylation sites (tertiary alicyclic amines) is 1. The quantitative estimate of drug-likeness (QED) is 0.160. The zero-order valence-corrected chi connectivity index (χ0v) is 28.5. The topological polar surface area (TPSA) is 98.5 Å². The van der Waals surface area contributed by atoms with Crippen molar-refractivity contribution in [2.75, 3.05) is 6.54 Å². The lowest BCUT2D eigenvalue weighted by atomic mass is 9.77. The number of amides is 2. The highest BCUT2D eigenvalue weighted by atomic mass is 32.1. The summed E-state index contributed by atoms with van der Waals surface area (Å²) in [6.07, 6.45) is 7.97. The first-order valence-electron chi connectivity index (χ1n) is 16.8. The van der Waals surface area contributed by atoms with Gasteiger partial charge in [0.2, 0.25) is 5.91 Å². The molecule has 5 heterocycles. The lowest BCUT2D eigenvalue weighted by molar-refractivity contribution is -0.118. The number of fused-ring (bicyclic) bond motifs is 1. The van der Waals surface area contributed by atoms with Gasteiger partial charge in [-0.15, -0.1) is 11.3 Å². The average molecular weight is 677 g/mol. The molecule has 9 heteroatoms. The summed E-state index contributed by atoms with van der Waals surface area (Å²) in [4.78, 5) is 33.2. The van der Waals surface area contributed by atoms with Crippen LogP contribution in [0, 0.1) is 6.92 Å². The van der Waals surface area contributed by atoms with Crippen LogP contribution in [0.15, 0.2) is 134 Å². The Bertz CT molecular complexity index is 2210. The Kier molecular flexibility index (Phi) is 8.12. The van der Waals surface area contributed by atoms with Crippen molar-refractivity contribution in [1.29, 1.82) is 0 Å². The van der Waals surface area contributed by atoms with Gasteiger partial charge in [0.05, 0.1) is 27.3 Å². The van der Waals surface area contributed by atoms with E-state index in [0.29, 0.717) is 11.4 Å². The van der Waals surface area contributed by atoms with Crippen LogP contribution in [0.2, 0.25) is 0 Å². The molecule has 8 nitrogen and oxygen atoms in total. The molecule has 1 saturated heterocycles. The second kappa shape index (κ2) is 12.9. The molecule has 4 aromatic heterocycles. The largest absolute Gasteiger partial charge is 0.370 e. The highest BCUT2D eigenvalue weighted by molar-refractivity contribution is 7.17. The van der Waals surface area contributed by atoms with E-state index >= 15 is 0 Å². The minimum Gasteiger partial charge on any atom is -0.370 e. The standard InChI is InChI=1S/C41H36N6O2S/c1-28-34(27-47(44-28)41(30-12-5-2-6-13-30,31-14-7-3-8-15-31)32-16-9-4-10-17-32)29-19-22-39-43-25-35(46(39)26-29)36-20-21-37(50-36)40(49)45-23-11-18-33(45)24-38(42)48/h2-10,12-17,19-22,25-27,33H,11,18,23-24H2,1H3,(H2,42,48)/t33-/m0/s1. The summed E-state index contributed by atoms with van der Waals surface area (Å²) < 4.78 is 4.19. The number of aryl methyl sites for hydroxylation is 1. The first-order valence-corrected chi connectivity index (χ1v) is 17.7. The SMILES string of the molecule is Cc1nn(C(c2ccccc2)(c2ccccc2)c2ccccc2)cc1-c1ccc2ncc(-c3ccc(C(=O)N4CCC[C@H]4CC(N)=O)s3)n2c1. The number of pyridine rings is 1. The molecule has 0 saturated carbocycles. The predicted molar refractivity (Wildman–Crippen MR) is 197 cm³/mol. The Morgan fingerprint density at radius 3 is 2.10 bits per heavy atom. The van der Waals surface area contributed by atoms with E-state index in [-0.39, 0.29) is 24.3 Å². The van der Waals surface area contributed by atoms with Gasteiger partial charge in [-0.2, -0.15) is 5.10 Å². The molecular formula is C41H36N6O2S. The molecule has 1 aliphatic rings. The molecule has 7 aromatic rings. The number of hydrogen-bond donors (Lipinski definition) is 1. The van der Waals surface area contributed by atoms with E-state index in [1.807, 2.05) is 42.6 Å². The van der Waals surface area contributed by atoms with Gasteiger partial charge in [-0.1, -0.05) is 91.0 Å². The monoisotopic (exact) mass is 676 g/mol. The number of imidazole rings is 1. The number of nitrogens with zero attached hydrogens (tertiary/aromatic N) is 5. The second-order valence-electron chi connectivity index (χ2n) is 12.8. The molecule has 0 spiro atoms. The maximum Gasteiger partial charge on any atom is 0.264 e. The van der Waals surface area contributed by atoms with Gasteiger partial charge in [0.1, 0.15) is 11.2 Å². The molecule has 1 fully saturated rings. The number of aromatic nitrogens is 4. The van der Waals surface area contributed by atoms with E-state index in [2.05, 4.69) is 107 Å². The molecule has 0 unspecified atom stereocenters. The maximum absolute atomic E-state index is 13.5. The lowest BCUT2D eigenvalue weighted by Gasteiger charge is -2.36. The van der Waals surface area contributed by atoms with Gasteiger partial charge in [-0.05, 0) is 60.7 Å². The zero-order chi connectivity index (χ0) is 34.2. The van der Waals surface area contributed by atoms with Crippen molar-refractivity contribution in [3.8, 4) is 21.7 Å². The minimum absolute atomic E-state index is 0.0544. The minimum atomic E-state index is -0.719. The molecule has 2 N–H and O–H groups in total. The van der Waals surface area contributed by atoms with Crippen molar-refractivity contribution < 1.29 is 9.59 Å². The number of carbonyl (C=O) groups is 2. The third-order valence-electron chi connectivity index (χ3n) is 9.78. The van der Waals surface area contributed by atoms with Gasteiger partial charge < -0.3 is 10.6 Å². The van der Waals surface area contributed by atoms with Gasteiger partial charge >= 0.3 is 0 Å². The van der Waals surface area contributed by atoms with Crippen molar-refractivity contribution in [2.24, 2.45) is 5.73 Å². The zero-order valence-electron chi connectivity index (χ0n) is 27.6. The summed E-state index contributed by atoms with van der Waals surface area (Å²) in [7, 11) is 0. The van der Waals surface area contributed by atoms with Gasteiger partial charge in [-0.25, -0.2) is 4.98 Å². The molecule has 3 aromatic carbocycles. The molecule has 0 bridgehead atoms. The Balaban J connectivity index is 1.20. The number of primary amides is 1. The molecule has 1 aliphatic heterocycles. The lowest BCUT2D eigenvalue weighted by Crippen LogP contribution is -2.38. The summed E-state index contributed by atoms with van der Waals surface area (Å²) in [5.41, 5.74) is 12.7. The molecule has 8 rings (SSSR count). The first-order chi connectivity index (χ1) is 24.4. The molecule has 2 amide bonds. The van der Waals surface area contributed by atoms with Crippen LogP contribution in [0.1, 0.15) is 51.3 Å². The fraction of sp³-hybridized carbons (Fsp3) is 0.171. The normalized spacial score (nSPS) is 14.7. The molecular weight excluding hydrogens is 641 g/mol. The van der Waals surface area contributed by atoms with Crippen LogP contribution in [0.3, 0.4) is 0 Å². The maximum atomic E-state index is 13.5. The third kappa shape index (κ3) is 5.40. The number of thiophene rings is 1. The highest BCUT2D eigenvalue weighted by Gasteiger charge is 2.40. The van der Waals surface area contributed by atoms with Crippen LogP contribution in [-0.4, -0.2) is 48.5 Å². The number of hydrogen-bond acceptors (Lipinski definition) is 5. The molecule has 50 heavy (non-hydrogen) atoms. The van der Waals surface area contributed by atoms with Gasteiger partial charge in [-0.3, -0.25) is 18.7 Å². The smallest absolute Gasteiger partial charge is 0.264 e. The van der Waals surface area contributed by atoms with E-state index in [0.717, 1.165) is 62.6 Å². The molecule has 0 aliphatic carbocycles. The molecule has 1 atom stereocenters. The summed E-state index contributed by atoms with van der Waals surface area (Å²) in [5.74, 6) is -0.434. The van der Waals surface area contributed by atoms with Crippen LogP contribution < -0.4 is 5.73 Å². The van der Waals surface area contributed by atoms with Crippen LogP contribution >= 0.6 is 11.3 Å². The van der Waals surface area contributed by atoms with Crippen molar-refractivity contribution in [1.82, 2.24) is 24.1 Å². The number of carbonyl (C=O) groups excluding carboxylic acids is 2. The van der Waals surface area contributed by atoms with E-state index in [9.17, 15) is 9.59 Å². The number of benzene rings is 3. The number of nitrogens with two attached hydrogens (primary N) is 1. The van der Waals surface area contributed by atoms with Crippen molar-refractivity contribution in [3.05, 3.63) is 161 Å². The van der Waals surface area contributed by atoms with E-state index in [1.54, 1.807) is 4.90 Å². The fourth-order valence-electron chi connectivity index (χ4n) is 7.45. The summed E-state index contributed by atoms with van der Waals surface area (Å²) in [5, 5.41) is 5.24. The molecule has 248 valence electrons. The van der Waals surface area contributed by atoms with E-state index in [1.165, 1.54) is 11.3 Å². The summed E-state index contributed by atoms with van der Waals surface area (Å²) >= 11 is 1.44. The van der Waals surface area contributed by atoms with E-state index in [4.69, 9.17) is 15.8 Å².